The third-order valence-electron chi connectivity index (χ3n) is 5.82. The van der Waals surface area contributed by atoms with Crippen molar-refractivity contribution >= 4 is 43.0 Å². The highest BCUT2D eigenvalue weighted by molar-refractivity contribution is 9.10. The van der Waals surface area contributed by atoms with Crippen LogP contribution in [-0.2, 0) is 0 Å². The lowest BCUT2D eigenvalue weighted by Gasteiger charge is -2.26. The van der Waals surface area contributed by atoms with Gasteiger partial charge in [-0.1, -0.05) is 115 Å². The van der Waals surface area contributed by atoms with Crippen LogP contribution in [0.2, 0.25) is 0 Å². The smallest absolute Gasteiger partial charge is 0.0628 e. The van der Waals surface area contributed by atoms with E-state index in [1.165, 1.54) is 90.3 Å². The zero-order valence-corrected chi connectivity index (χ0v) is 20.0. The van der Waals surface area contributed by atoms with Crippen LogP contribution in [0, 0.1) is 0 Å². The van der Waals surface area contributed by atoms with Crippen molar-refractivity contribution in [3.8, 4) is 0 Å². The molecule has 0 N–H and O–H groups in total. The molecule has 1 unspecified atom stereocenters. The van der Waals surface area contributed by atoms with Gasteiger partial charge in [0.05, 0.1) is 4.32 Å². The van der Waals surface area contributed by atoms with Gasteiger partial charge in [0.25, 0.3) is 0 Å². The van der Waals surface area contributed by atoms with Gasteiger partial charge in [0, 0.05) is 4.47 Å². The van der Waals surface area contributed by atoms with Gasteiger partial charge in [-0.2, -0.15) is 0 Å². The number of rotatable bonds is 10. The highest BCUT2D eigenvalue weighted by atomic mass is 79.9. The second-order valence-electron chi connectivity index (χ2n) is 8.02. The van der Waals surface area contributed by atoms with Crippen LogP contribution in [0.4, 0.5) is 0 Å². The summed E-state index contributed by atoms with van der Waals surface area (Å²) in [5.74, 6) is 0. The summed E-state index contributed by atoms with van der Waals surface area (Å²) in [5, 5.41) is 2.85. The van der Waals surface area contributed by atoms with Crippen molar-refractivity contribution in [2.24, 2.45) is 0 Å². The van der Waals surface area contributed by atoms with Crippen molar-refractivity contribution in [1.29, 1.82) is 0 Å². The molecule has 0 aromatic heterocycles. The largest absolute Gasteiger partial charge is 0.0762 e. The topological polar surface area (TPSA) is 0 Å². The van der Waals surface area contributed by atoms with Gasteiger partial charge in [0.15, 0.2) is 0 Å². The number of alkyl halides is 1. The summed E-state index contributed by atoms with van der Waals surface area (Å²) >= 11 is 7.75. The average Bonchev–Trinajstić information content (AvgIpc) is 2.94. The van der Waals surface area contributed by atoms with E-state index in [4.69, 9.17) is 0 Å². The van der Waals surface area contributed by atoms with E-state index in [1.807, 2.05) is 0 Å². The predicted octanol–water partition coefficient (Wildman–Crippen LogP) is 7.33. The van der Waals surface area contributed by atoms with E-state index in [2.05, 4.69) is 82.1 Å². The average molecular weight is 492 g/mol. The van der Waals surface area contributed by atoms with Crippen LogP contribution in [0.5, 0.6) is 0 Å². The van der Waals surface area contributed by atoms with Crippen LogP contribution in [0.15, 0.2) is 46.5 Å². The predicted molar refractivity (Wildman–Crippen MR) is 127 cm³/mol. The fourth-order valence-corrected chi connectivity index (χ4v) is 5.29. The summed E-state index contributed by atoms with van der Waals surface area (Å²) in [5.41, 5.74) is 4.46. The first-order chi connectivity index (χ1) is 13.1. The van der Waals surface area contributed by atoms with Crippen molar-refractivity contribution in [2.45, 2.75) is 82.4 Å². The molecule has 0 spiro atoms. The SMILES string of the molecule is CCCCCCC1=c2cc(Br)ccc2=C2C=CC(Br)(CCCCCC)C=C21. The molecule has 0 fully saturated rings. The molecular formula is C25H32Br2. The van der Waals surface area contributed by atoms with Gasteiger partial charge in [-0.05, 0) is 58.6 Å². The fraction of sp³-hybridized carbons (Fsp3) is 0.520. The molecule has 0 radical (unpaired) electrons. The first-order valence-corrected chi connectivity index (χ1v) is 12.3. The Morgan fingerprint density at radius 1 is 0.889 bits per heavy atom. The monoisotopic (exact) mass is 490 g/mol. The minimum atomic E-state index is 0.0213. The summed E-state index contributed by atoms with van der Waals surface area (Å²) in [6.07, 6.45) is 20.1. The van der Waals surface area contributed by atoms with E-state index in [0.29, 0.717) is 0 Å². The Labute approximate surface area is 181 Å². The van der Waals surface area contributed by atoms with E-state index in [9.17, 15) is 0 Å². The number of unbranched alkanes of at least 4 members (excludes halogenated alkanes) is 6. The maximum atomic E-state index is 4.07. The summed E-state index contributed by atoms with van der Waals surface area (Å²) in [4.78, 5) is 0. The Morgan fingerprint density at radius 3 is 2.37 bits per heavy atom. The number of hydrogen-bond acceptors (Lipinski definition) is 0. The van der Waals surface area contributed by atoms with Crippen molar-refractivity contribution in [3.63, 3.8) is 0 Å². The molecule has 1 atom stereocenters. The molecule has 27 heavy (non-hydrogen) atoms. The maximum absolute atomic E-state index is 4.07. The van der Waals surface area contributed by atoms with E-state index in [-0.39, 0.29) is 4.32 Å². The van der Waals surface area contributed by atoms with Crippen LogP contribution in [0.3, 0.4) is 0 Å². The quantitative estimate of drug-likeness (QED) is 0.237. The Morgan fingerprint density at radius 2 is 1.63 bits per heavy atom. The number of allylic oxidation sites excluding steroid dienone is 4. The Bertz CT molecular complexity index is 844. The Kier molecular flexibility index (Phi) is 7.62. The van der Waals surface area contributed by atoms with Gasteiger partial charge in [-0.25, -0.2) is 0 Å². The van der Waals surface area contributed by atoms with Crippen molar-refractivity contribution in [1.82, 2.24) is 0 Å². The number of halogens is 2. The molecule has 1 aromatic rings. The molecule has 2 heteroatoms. The molecule has 0 saturated heterocycles. The van der Waals surface area contributed by atoms with Crippen LogP contribution >= 0.6 is 31.9 Å². The van der Waals surface area contributed by atoms with Crippen LogP contribution in [0.25, 0.3) is 11.1 Å². The van der Waals surface area contributed by atoms with Gasteiger partial charge in [0.2, 0.25) is 0 Å². The van der Waals surface area contributed by atoms with Gasteiger partial charge in [-0.15, -0.1) is 0 Å². The van der Waals surface area contributed by atoms with E-state index >= 15 is 0 Å². The summed E-state index contributed by atoms with van der Waals surface area (Å²) in [6, 6.07) is 6.79. The van der Waals surface area contributed by atoms with Gasteiger partial charge < -0.3 is 0 Å². The molecule has 0 bridgehead atoms. The molecule has 0 amide bonds. The minimum Gasteiger partial charge on any atom is -0.0762 e. The third kappa shape index (κ3) is 5.07. The van der Waals surface area contributed by atoms with E-state index in [0.717, 1.165) is 0 Å². The zero-order chi connectivity index (χ0) is 19.3. The zero-order valence-electron chi connectivity index (χ0n) is 16.8. The van der Waals surface area contributed by atoms with Gasteiger partial charge in [-0.3, -0.25) is 0 Å². The molecule has 0 saturated carbocycles. The second-order valence-corrected chi connectivity index (χ2v) is 10.4. The molecule has 2 aliphatic carbocycles. The lowest BCUT2D eigenvalue weighted by atomic mass is 9.86. The van der Waals surface area contributed by atoms with Crippen LogP contribution < -0.4 is 10.4 Å². The molecule has 0 aliphatic heterocycles. The van der Waals surface area contributed by atoms with Gasteiger partial charge in [0.1, 0.15) is 0 Å². The first kappa shape index (κ1) is 21.1. The highest BCUT2D eigenvalue weighted by Gasteiger charge is 2.29. The molecular weight excluding hydrogens is 460 g/mol. The molecule has 0 heterocycles. The maximum Gasteiger partial charge on any atom is 0.0628 e. The molecule has 146 valence electrons. The number of benzene rings is 1. The molecule has 1 aromatic carbocycles. The third-order valence-corrected chi connectivity index (χ3v) is 7.20. The van der Waals surface area contributed by atoms with Gasteiger partial charge >= 0.3 is 0 Å². The number of hydrogen-bond donors (Lipinski definition) is 0. The van der Waals surface area contributed by atoms with Crippen molar-refractivity contribution < 1.29 is 0 Å². The van der Waals surface area contributed by atoms with Crippen LogP contribution in [0.1, 0.15) is 78.1 Å². The molecule has 3 rings (SSSR count). The lowest BCUT2D eigenvalue weighted by molar-refractivity contribution is 0.613. The minimum absolute atomic E-state index is 0.0213. The van der Waals surface area contributed by atoms with Crippen LogP contribution in [-0.4, -0.2) is 4.32 Å². The Hall–Kier alpha value is -0.600. The highest BCUT2D eigenvalue weighted by Crippen LogP contribution is 2.40. The summed E-state index contributed by atoms with van der Waals surface area (Å²) in [7, 11) is 0. The van der Waals surface area contributed by atoms with Crippen molar-refractivity contribution in [3.05, 3.63) is 56.9 Å². The summed E-state index contributed by atoms with van der Waals surface area (Å²) in [6.45, 7) is 4.56. The van der Waals surface area contributed by atoms with E-state index < -0.39 is 0 Å². The normalized spacial score (nSPS) is 20.7. The Balaban J connectivity index is 1.91. The van der Waals surface area contributed by atoms with Crippen molar-refractivity contribution in [2.75, 3.05) is 0 Å². The standard InChI is InChI=1S/C25H32Br2/c1-3-5-7-9-11-20-23-17-19(26)12-13-21(23)22-14-16-25(27,18-24(20)22)15-10-8-6-4-2/h12-14,16-18H,3-11,15H2,1-2H3. The lowest BCUT2D eigenvalue weighted by Crippen LogP contribution is -2.24. The molecule has 2 aliphatic rings. The molecule has 0 nitrogen and oxygen atoms in total. The van der Waals surface area contributed by atoms with E-state index in [1.54, 1.807) is 5.57 Å². The summed E-state index contributed by atoms with van der Waals surface area (Å²) < 4.78 is 1.20. The number of fused-ring (bicyclic) bond motifs is 2. The fourth-order valence-electron chi connectivity index (χ4n) is 4.28. The second kappa shape index (κ2) is 9.74. The first-order valence-electron chi connectivity index (χ1n) is 10.7.